The van der Waals surface area contributed by atoms with Gasteiger partial charge in [0.25, 0.3) is 0 Å². The summed E-state index contributed by atoms with van der Waals surface area (Å²) >= 11 is 0. The molecule has 5 nitrogen and oxygen atoms in total. The number of rotatable bonds is 7. The maximum Gasteiger partial charge on any atom is 0.306 e. The topological polar surface area (TPSA) is 80.7 Å². The summed E-state index contributed by atoms with van der Waals surface area (Å²) in [6.07, 6.45) is 2.72. The van der Waals surface area contributed by atoms with Gasteiger partial charge >= 0.3 is 11.9 Å². The molecule has 0 unspecified atom stereocenters. The summed E-state index contributed by atoms with van der Waals surface area (Å²) in [5, 5.41) is 8.27. The largest absolute Gasteiger partial charge is 0.481 e. The van der Waals surface area contributed by atoms with Crippen LogP contribution in [0.3, 0.4) is 0 Å². The van der Waals surface area contributed by atoms with Gasteiger partial charge in [-0.05, 0) is 13.0 Å². The van der Waals surface area contributed by atoms with E-state index in [0.29, 0.717) is 0 Å². The molecule has 0 spiro atoms. The van der Waals surface area contributed by atoms with Gasteiger partial charge in [-0.25, -0.2) is 0 Å². The third-order valence-electron chi connectivity index (χ3n) is 1.51. The molecule has 0 bridgehead atoms. The number of carbonyl (C=O) groups excluding carboxylic acids is 2. The summed E-state index contributed by atoms with van der Waals surface area (Å²) < 4.78 is 4.65. The van der Waals surface area contributed by atoms with E-state index in [2.05, 4.69) is 4.74 Å². The number of allylic oxidation sites excluding steroid dienone is 2. The number of hydrogen-bond donors (Lipinski definition) is 1. The minimum absolute atomic E-state index is 0.00161. The minimum atomic E-state index is -1.04. The van der Waals surface area contributed by atoms with E-state index >= 15 is 0 Å². The molecule has 0 aromatic rings. The van der Waals surface area contributed by atoms with Crippen molar-refractivity contribution in [2.75, 3.05) is 6.61 Å². The predicted octanol–water partition coefficient (Wildman–Crippen LogP) is 0.930. The molecule has 0 saturated heterocycles. The maximum atomic E-state index is 10.9. The molecule has 15 heavy (non-hydrogen) atoms. The summed E-state index contributed by atoms with van der Waals surface area (Å²) in [6.45, 7) is 1.72. The van der Waals surface area contributed by atoms with Crippen molar-refractivity contribution in [2.24, 2.45) is 0 Å². The first-order valence-corrected chi connectivity index (χ1v) is 4.59. The smallest absolute Gasteiger partial charge is 0.306 e. The highest BCUT2D eigenvalue weighted by atomic mass is 16.5. The van der Waals surface area contributed by atoms with Crippen LogP contribution >= 0.6 is 0 Å². The fraction of sp³-hybridized carbons (Fsp3) is 0.500. The van der Waals surface area contributed by atoms with Crippen LogP contribution in [-0.4, -0.2) is 29.4 Å². The molecule has 0 heterocycles. The summed E-state index contributed by atoms with van der Waals surface area (Å²) in [5.74, 6) is -1.76. The van der Waals surface area contributed by atoms with Crippen molar-refractivity contribution < 1.29 is 24.2 Å². The lowest BCUT2D eigenvalue weighted by Gasteiger charge is -2.01. The lowest BCUT2D eigenvalue weighted by atomic mass is 10.3. The molecular weight excluding hydrogens is 200 g/mol. The fourth-order valence-corrected chi connectivity index (χ4v) is 0.816. The molecule has 0 aromatic carbocycles. The van der Waals surface area contributed by atoms with Crippen LogP contribution in [0.4, 0.5) is 0 Å². The van der Waals surface area contributed by atoms with Gasteiger partial charge in [-0.1, -0.05) is 6.08 Å². The molecule has 0 radical (unpaired) electrons. The second kappa shape index (κ2) is 7.73. The molecule has 0 atom stereocenters. The molecule has 0 amide bonds. The van der Waals surface area contributed by atoms with E-state index in [9.17, 15) is 14.4 Å². The average Bonchev–Trinajstić information content (AvgIpc) is 2.15. The Labute approximate surface area is 87.7 Å². The number of ketones is 1. The Hall–Kier alpha value is -1.65. The predicted molar refractivity (Wildman–Crippen MR) is 52.3 cm³/mol. The lowest BCUT2D eigenvalue weighted by Crippen LogP contribution is -2.10. The van der Waals surface area contributed by atoms with E-state index in [1.807, 2.05) is 0 Å². The van der Waals surface area contributed by atoms with Crippen molar-refractivity contribution in [1.82, 2.24) is 0 Å². The molecular formula is C10H14O5. The van der Waals surface area contributed by atoms with E-state index in [1.165, 1.54) is 6.08 Å². The molecule has 0 aliphatic heterocycles. The third kappa shape index (κ3) is 8.67. The lowest BCUT2D eigenvalue weighted by molar-refractivity contribution is -0.148. The molecule has 1 N–H and O–H groups in total. The first kappa shape index (κ1) is 13.4. The number of carboxylic acid groups (broad SMARTS) is 1. The van der Waals surface area contributed by atoms with Crippen molar-refractivity contribution in [3.05, 3.63) is 12.2 Å². The van der Waals surface area contributed by atoms with Gasteiger partial charge in [0.05, 0.1) is 19.4 Å². The van der Waals surface area contributed by atoms with Crippen LogP contribution in [0, 0.1) is 0 Å². The van der Waals surface area contributed by atoms with Crippen LogP contribution in [-0.2, 0) is 19.1 Å². The van der Waals surface area contributed by atoms with Crippen LogP contribution in [0.5, 0.6) is 0 Å². The summed E-state index contributed by atoms with van der Waals surface area (Å²) in [7, 11) is 0. The third-order valence-corrected chi connectivity index (χ3v) is 1.51. The zero-order valence-electron chi connectivity index (χ0n) is 8.56. The molecule has 0 aliphatic rings. The molecule has 84 valence electrons. The zero-order valence-corrected chi connectivity index (χ0v) is 8.56. The summed E-state index contributed by atoms with van der Waals surface area (Å²) in [4.78, 5) is 31.9. The molecule has 5 heteroatoms. The second-order valence-electron chi connectivity index (χ2n) is 2.83. The Balaban J connectivity index is 3.55. The normalized spacial score (nSPS) is 10.2. The van der Waals surface area contributed by atoms with E-state index in [1.54, 1.807) is 13.0 Å². The Kier molecular flexibility index (Phi) is 6.88. The Bertz CT molecular complexity index is 267. The monoisotopic (exact) mass is 214 g/mol. The number of aliphatic carboxylic acids is 1. The number of carbonyl (C=O) groups is 3. The number of carboxylic acids is 1. The van der Waals surface area contributed by atoms with Gasteiger partial charge < -0.3 is 9.84 Å². The first-order chi connectivity index (χ1) is 7.06. The molecule has 0 fully saturated rings. The minimum Gasteiger partial charge on any atom is -0.481 e. The number of hydrogen-bond acceptors (Lipinski definition) is 4. The van der Waals surface area contributed by atoms with Crippen molar-refractivity contribution in [3.63, 3.8) is 0 Å². The fourth-order valence-electron chi connectivity index (χ4n) is 0.816. The van der Waals surface area contributed by atoms with E-state index in [-0.39, 0.29) is 31.7 Å². The Morgan fingerprint density at radius 1 is 1.20 bits per heavy atom. The van der Waals surface area contributed by atoms with Crippen LogP contribution in [0.25, 0.3) is 0 Å². The highest BCUT2D eigenvalue weighted by Gasteiger charge is 2.06. The highest BCUT2D eigenvalue weighted by molar-refractivity contribution is 5.89. The van der Waals surface area contributed by atoms with Gasteiger partial charge in [0.1, 0.15) is 0 Å². The van der Waals surface area contributed by atoms with Gasteiger partial charge in [-0.2, -0.15) is 0 Å². The zero-order chi connectivity index (χ0) is 11.7. The molecule has 0 aromatic heterocycles. The van der Waals surface area contributed by atoms with E-state index in [4.69, 9.17) is 5.11 Å². The van der Waals surface area contributed by atoms with E-state index < -0.39 is 11.9 Å². The van der Waals surface area contributed by atoms with Crippen molar-refractivity contribution >= 4 is 17.7 Å². The standard InChI is InChI=1S/C10H14O5/c1-2-3-8(11)6-7-15-10(14)5-4-9(12)13/h2-3H,4-7H2,1H3,(H,12,13). The van der Waals surface area contributed by atoms with Gasteiger partial charge in [0.15, 0.2) is 5.78 Å². The summed E-state index contributed by atoms with van der Waals surface area (Å²) in [6, 6.07) is 0. The SMILES string of the molecule is CC=CC(=O)CCOC(=O)CCC(=O)O. The molecule has 0 rings (SSSR count). The van der Waals surface area contributed by atoms with Crippen molar-refractivity contribution in [2.45, 2.75) is 26.2 Å². The van der Waals surface area contributed by atoms with Crippen LogP contribution in [0.2, 0.25) is 0 Å². The molecule has 0 saturated carbocycles. The summed E-state index contributed by atoms with van der Waals surface area (Å²) in [5.41, 5.74) is 0. The maximum absolute atomic E-state index is 10.9. The molecule has 0 aliphatic carbocycles. The first-order valence-electron chi connectivity index (χ1n) is 4.59. The van der Waals surface area contributed by atoms with Crippen molar-refractivity contribution in [3.8, 4) is 0 Å². The highest BCUT2D eigenvalue weighted by Crippen LogP contribution is 1.95. The Morgan fingerprint density at radius 3 is 2.40 bits per heavy atom. The average molecular weight is 214 g/mol. The van der Waals surface area contributed by atoms with Gasteiger partial charge in [0.2, 0.25) is 0 Å². The number of ether oxygens (including phenoxy) is 1. The quantitative estimate of drug-likeness (QED) is 0.503. The Morgan fingerprint density at radius 2 is 1.87 bits per heavy atom. The number of esters is 1. The van der Waals surface area contributed by atoms with Gasteiger partial charge in [0, 0.05) is 6.42 Å². The van der Waals surface area contributed by atoms with Crippen LogP contribution in [0.15, 0.2) is 12.2 Å². The van der Waals surface area contributed by atoms with Crippen LogP contribution in [0.1, 0.15) is 26.2 Å². The van der Waals surface area contributed by atoms with E-state index in [0.717, 1.165) is 0 Å². The van der Waals surface area contributed by atoms with Crippen LogP contribution < -0.4 is 0 Å². The second-order valence-corrected chi connectivity index (χ2v) is 2.83. The van der Waals surface area contributed by atoms with Gasteiger partial charge in [-0.3, -0.25) is 14.4 Å². The van der Waals surface area contributed by atoms with Crippen molar-refractivity contribution in [1.29, 1.82) is 0 Å². The van der Waals surface area contributed by atoms with Gasteiger partial charge in [-0.15, -0.1) is 0 Å².